The number of Topliss-reactive ketones (excluding diaryl/α,β-unsaturated/α-hetero) is 1. The lowest BCUT2D eigenvalue weighted by Gasteiger charge is -2.11. The van der Waals surface area contributed by atoms with E-state index in [1.807, 2.05) is 48.7 Å². The fourth-order valence-electron chi connectivity index (χ4n) is 2.47. The molecule has 0 spiro atoms. The van der Waals surface area contributed by atoms with E-state index in [0.29, 0.717) is 22.8 Å². The van der Waals surface area contributed by atoms with E-state index in [-0.39, 0.29) is 5.78 Å². The standard InChI is InChI=1S/C18H16N2O2S/c1-11-16(12(2)21)17(13-6-8-14(22-3)9-7-13)20-18(19-11)15-5-4-10-23-15/h4-10H,1-3H3. The Labute approximate surface area is 138 Å². The molecule has 1 aromatic carbocycles. The summed E-state index contributed by atoms with van der Waals surface area (Å²) in [6, 6.07) is 11.5. The van der Waals surface area contributed by atoms with Crippen molar-refractivity contribution in [2.75, 3.05) is 7.11 Å². The van der Waals surface area contributed by atoms with Gasteiger partial charge in [0.05, 0.1) is 28.9 Å². The van der Waals surface area contributed by atoms with Crippen LogP contribution in [0.2, 0.25) is 0 Å². The molecule has 2 aromatic heterocycles. The third-order valence-electron chi connectivity index (χ3n) is 3.55. The lowest BCUT2D eigenvalue weighted by molar-refractivity contribution is 0.101. The molecule has 2 heterocycles. The van der Waals surface area contributed by atoms with Crippen LogP contribution in [0.25, 0.3) is 22.0 Å². The number of aryl methyl sites for hydroxylation is 1. The van der Waals surface area contributed by atoms with Gasteiger partial charge in [-0.05, 0) is 49.6 Å². The second kappa shape index (κ2) is 6.30. The first-order valence-corrected chi connectivity index (χ1v) is 8.06. The summed E-state index contributed by atoms with van der Waals surface area (Å²) < 4.78 is 5.19. The van der Waals surface area contributed by atoms with Gasteiger partial charge in [0.25, 0.3) is 0 Å². The van der Waals surface area contributed by atoms with Crippen molar-refractivity contribution in [1.29, 1.82) is 0 Å². The number of ketones is 1. The van der Waals surface area contributed by atoms with E-state index in [4.69, 9.17) is 4.74 Å². The molecule has 0 N–H and O–H groups in total. The van der Waals surface area contributed by atoms with Crippen molar-refractivity contribution in [1.82, 2.24) is 9.97 Å². The molecule has 0 aliphatic rings. The molecule has 0 saturated heterocycles. The van der Waals surface area contributed by atoms with Crippen molar-refractivity contribution in [3.05, 3.63) is 53.0 Å². The molecule has 3 rings (SSSR count). The number of thiophene rings is 1. The Hall–Kier alpha value is -2.53. The van der Waals surface area contributed by atoms with Gasteiger partial charge < -0.3 is 4.74 Å². The summed E-state index contributed by atoms with van der Waals surface area (Å²) in [5, 5.41) is 1.99. The number of rotatable bonds is 4. The number of aromatic nitrogens is 2. The van der Waals surface area contributed by atoms with Gasteiger partial charge in [-0.2, -0.15) is 0 Å². The van der Waals surface area contributed by atoms with Gasteiger partial charge in [0.15, 0.2) is 11.6 Å². The third kappa shape index (κ3) is 3.00. The van der Waals surface area contributed by atoms with Gasteiger partial charge in [-0.25, -0.2) is 9.97 Å². The second-order valence-corrected chi connectivity index (χ2v) is 6.07. The molecule has 0 aliphatic heterocycles. The number of ether oxygens (including phenoxy) is 1. The Morgan fingerprint density at radius 2 is 1.87 bits per heavy atom. The van der Waals surface area contributed by atoms with E-state index in [2.05, 4.69) is 9.97 Å². The zero-order chi connectivity index (χ0) is 16.4. The molecule has 0 unspecified atom stereocenters. The Morgan fingerprint density at radius 1 is 1.13 bits per heavy atom. The van der Waals surface area contributed by atoms with Crippen LogP contribution in [-0.2, 0) is 0 Å². The highest BCUT2D eigenvalue weighted by Crippen LogP contribution is 2.30. The lowest BCUT2D eigenvalue weighted by atomic mass is 10.0. The van der Waals surface area contributed by atoms with Crippen molar-refractivity contribution in [2.24, 2.45) is 0 Å². The summed E-state index contributed by atoms with van der Waals surface area (Å²) in [6.45, 7) is 3.39. The molecular formula is C18H16N2O2S. The molecule has 5 heteroatoms. The van der Waals surface area contributed by atoms with Crippen molar-refractivity contribution in [3.63, 3.8) is 0 Å². The molecule has 23 heavy (non-hydrogen) atoms. The number of carbonyl (C=O) groups excluding carboxylic acids is 1. The Morgan fingerprint density at radius 3 is 2.43 bits per heavy atom. The zero-order valence-electron chi connectivity index (χ0n) is 13.2. The number of hydrogen-bond donors (Lipinski definition) is 0. The van der Waals surface area contributed by atoms with Gasteiger partial charge in [0, 0.05) is 5.56 Å². The van der Waals surface area contributed by atoms with Crippen LogP contribution in [0.3, 0.4) is 0 Å². The lowest BCUT2D eigenvalue weighted by Crippen LogP contribution is -2.06. The topological polar surface area (TPSA) is 52.1 Å². The number of nitrogens with zero attached hydrogens (tertiary/aromatic N) is 2. The normalized spacial score (nSPS) is 10.6. The highest BCUT2D eigenvalue weighted by atomic mass is 32.1. The average Bonchev–Trinajstić information content (AvgIpc) is 3.08. The molecule has 116 valence electrons. The van der Waals surface area contributed by atoms with Gasteiger partial charge in [-0.15, -0.1) is 11.3 Å². The van der Waals surface area contributed by atoms with Crippen molar-refractivity contribution in [2.45, 2.75) is 13.8 Å². The largest absolute Gasteiger partial charge is 0.497 e. The maximum atomic E-state index is 12.1. The molecule has 0 fully saturated rings. The third-order valence-corrected chi connectivity index (χ3v) is 4.41. The number of methoxy groups -OCH3 is 1. The van der Waals surface area contributed by atoms with Crippen LogP contribution >= 0.6 is 11.3 Å². The van der Waals surface area contributed by atoms with E-state index >= 15 is 0 Å². The van der Waals surface area contributed by atoms with Crippen LogP contribution in [0.4, 0.5) is 0 Å². The predicted octanol–water partition coefficient (Wildman–Crippen LogP) is 4.39. The molecule has 3 aromatic rings. The van der Waals surface area contributed by atoms with E-state index in [0.717, 1.165) is 16.2 Å². The molecule has 0 radical (unpaired) electrons. The molecular weight excluding hydrogens is 308 g/mol. The van der Waals surface area contributed by atoms with Crippen molar-refractivity contribution < 1.29 is 9.53 Å². The van der Waals surface area contributed by atoms with Crippen LogP contribution in [0.5, 0.6) is 5.75 Å². The Bertz CT molecular complexity index is 840. The first kappa shape index (κ1) is 15.4. The maximum Gasteiger partial charge on any atom is 0.170 e. The summed E-state index contributed by atoms with van der Waals surface area (Å²) in [5.74, 6) is 1.38. The minimum atomic E-state index is -0.0361. The summed E-state index contributed by atoms with van der Waals surface area (Å²) in [7, 11) is 1.62. The van der Waals surface area contributed by atoms with Gasteiger partial charge in [0.2, 0.25) is 0 Å². The maximum absolute atomic E-state index is 12.1. The Kier molecular flexibility index (Phi) is 4.21. The average molecular weight is 324 g/mol. The molecule has 0 atom stereocenters. The van der Waals surface area contributed by atoms with Crippen molar-refractivity contribution in [3.8, 4) is 27.7 Å². The van der Waals surface area contributed by atoms with Crippen molar-refractivity contribution >= 4 is 17.1 Å². The van der Waals surface area contributed by atoms with Crippen LogP contribution in [0.1, 0.15) is 23.0 Å². The van der Waals surface area contributed by atoms with E-state index in [1.54, 1.807) is 25.4 Å². The SMILES string of the molecule is COc1ccc(-c2nc(-c3cccs3)nc(C)c2C(C)=O)cc1. The van der Waals surface area contributed by atoms with Crippen LogP contribution < -0.4 is 4.74 Å². The molecule has 0 aliphatic carbocycles. The summed E-state index contributed by atoms with van der Waals surface area (Å²) in [6.07, 6.45) is 0. The van der Waals surface area contributed by atoms with E-state index in [1.165, 1.54) is 0 Å². The summed E-state index contributed by atoms with van der Waals surface area (Å²) >= 11 is 1.58. The monoisotopic (exact) mass is 324 g/mol. The molecule has 0 saturated carbocycles. The zero-order valence-corrected chi connectivity index (χ0v) is 14.0. The van der Waals surface area contributed by atoms with Crippen LogP contribution in [0.15, 0.2) is 41.8 Å². The first-order valence-electron chi connectivity index (χ1n) is 7.18. The van der Waals surface area contributed by atoms with Gasteiger partial charge >= 0.3 is 0 Å². The number of carbonyl (C=O) groups is 1. The van der Waals surface area contributed by atoms with Crippen LogP contribution in [0, 0.1) is 6.92 Å². The molecule has 4 nitrogen and oxygen atoms in total. The highest BCUT2D eigenvalue weighted by molar-refractivity contribution is 7.13. The van der Waals surface area contributed by atoms with Crippen LogP contribution in [-0.4, -0.2) is 22.9 Å². The highest BCUT2D eigenvalue weighted by Gasteiger charge is 2.18. The van der Waals surface area contributed by atoms with Gasteiger partial charge in [0.1, 0.15) is 5.75 Å². The molecule has 0 amide bonds. The minimum absolute atomic E-state index is 0.0361. The van der Waals surface area contributed by atoms with Gasteiger partial charge in [-0.3, -0.25) is 4.79 Å². The number of hydrogen-bond acceptors (Lipinski definition) is 5. The van der Waals surface area contributed by atoms with E-state index in [9.17, 15) is 4.79 Å². The Balaban J connectivity index is 2.21. The predicted molar refractivity (Wildman–Crippen MR) is 92.1 cm³/mol. The second-order valence-electron chi connectivity index (χ2n) is 5.12. The minimum Gasteiger partial charge on any atom is -0.497 e. The smallest absolute Gasteiger partial charge is 0.170 e. The first-order chi connectivity index (χ1) is 11.1. The quantitative estimate of drug-likeness (QED) is 0.668. The van der Waals surface area contributed by atoms with Gasteiger partial charge in [-0.1, -0.05) is 6.07 Å². The van der Waals surface area contributed by atoms with E-state index < -0.39 is 0 Å². The summed E-state index contributed by atoms with van der Waals surface area (Å²) in [4.78, 5) is 22.2. The fourth-order valence-corrected chi connectivity index (χ4v) is 3.13. The summed E-state index contributed by atoms with van der Waals surface area (Å²) in [5.41, 5.74) is 2.80. The number of benzene rings is 1. The molecule has 0 bridgehead atoms. The fraction of sp³-hybridized carbons (Fsp3) is 0.167.